The molecule has 0 aliphatic rings. The third-order valence-electron chi connectivity index (χ3n) is 2.31. The number of anilines is 1. The molecule has 0 unspecified atom stereocenters. The molecule has 19 heavy (non-hydrogen) atoms. The Kier molecular flexibility index (Phi) is 4.24. The zero-order valence-corrected chi connectivity index (χ0v) is 11.9. The van der Waals surface area contributed by atoms with Gasteiger partial charge in [0.05, 0.1) is 12.3 Å². The summed E-state index contributed by atoms with van der Waals surface area (Å²) >= 11 is 0. The molecule has 0 saturated carbocycles. The first-order valence-corrected chi connectivity index (χ1v) is 6.02. The molecule has 0 aliphatic carbocycles. The number of nitrogen functional groups attached to an aromatic ring is 1. The molecular formula is C13H20N2O4. The van der Waals surface area contributed by atoms with Gasteiger partial charge in [-0.2, -0.15) is 0 Å². The van der Waals surface area contributed by atoms with Crippen LogP contribution >= 0.6 is 0 Å². The quantitative estimate of drug-likeness (QED) is 0.844. The highest BCUT2D eigenvalue weighted by atomic mass is 16.6. The van der Waals surface area contributed by atoms with Crippen LogP contribution < -0.4 is 5.73 Å². The molecule has 106 valence electrons. The first kappa shape index (κ1) is 15.1. The van der Waals surface area contributed by atoms with Crippen molar-refractivity contribution < 1.29 is 19.1 Å². The summed E-state index contributed by atoms with van der Waals surface area (Å²) in [7, 11) is 1.62. The summed E-state index contributed by atoms with van der Waals surface area (Å²) in [5, 5.41) is 0. The summed E-state index contributed by atoms with van der Waals surface area (Å²) in [5.74, 6) is -1.12. The number of aromatic nitrogens is 1. The second-order valence-electron chi connectivity index (χ2n) is 5.14. The van der Waals surface area contributed by atoms with Crippen LogP contribution in [0.2, 0.25) is 0 Å². The summed E-state index contributed by atoms with van der Waals surface area (Å²) in [5.41, 5.74) is 5.61. The van der Waals surface area contributed by atoms with E-state index in [1.165, 1.54) is 10.8 Å². The maximum Gasteiger partial charge on any atom is 0.357 e. The normalized spacial score (nSPS) is 11.2. The van der Waals surface area contributed by atoms with Crippen LogP contribution in [0.5, 0.6) is 0 Å². The summed E-state index contributed by atoms with van der Waals surface area (Å²) in [4.78, 5) is 23.7. The molecule has 0 aromatic carbocycles. The van der Waals surface area contributed by atoms with Gasteiger partial charge in [-0.15, -0.1) is 0 Å². The fourth-order valence-electron chi connectivity index (χ4n) is 1.60. The number of hydrogen-bond donors (Lipinski definition) is 1. The Labute approximate surface area is 112 Å². The second-order valence-corrected chi connectivity index (χ2v) is 5.14. The van der Waals surface area contributed by atoms with Crippen LogP contribution in [0.15, 0.2) is 6.20 Å². The van der Waals surface area contributed by atoms with E-state index < -0.39 is 17.5 Å². The third kappa shape index (κ3) is 3.49. The fraction of sp³-hybridized carbons (Fsp3) is 0.538. The lowest BCUT2D eigenvalue weighted by atomic mass is 10.2. The SMILES string of the molecule is CCOC(=O)c1cn(C)c(C(=O)OC(C)(C)C)c1N. The van der Waals surface area contributed by atoms with Gasteiger partial charge in [-0.1, -0.05) is 0 Å². The second kappa shape index (κ2) is 5.34. The number of carbonyl (C=O) groups excluding carboxylic acids is 2. The van der Waals surface area contributed by atoms with Gasteiger partial charge in [0.2, 0.25) is 0 Å². The maximum atomic E-state index is 12.0. The Balaban J connectivity index is 3.10. The van der Waals surface area contributed by atoms with E-state index in [2.05, 4.69) is 0 Å². The predicted molar refractivity (Wildman–Crippen MR) is 71.0 cm³/mol. The van der Waals surface area contributed by atoms with E-state index >= 15 is 0 Å². The van der Waals surface area contributed by atoms with Crippen molar-refractivity contribution in [3.05, 3.63) is 17.5 Å². The number of aryl methyl sites for hydroxylation is 1. The van der Waals surface area contributed by atoms with Gasteiger partial charge in [0, 0.05) is 13.2 Å². The Morgan fingerprint density at radius 2 is 1.89 bits per heavy atom. The molecule has 1 aromatic rings. The average Bonchev–Trinajstić information content (AvgIpc) is 2.52. The first-order chi connectivity index (χ1) is 8.67. The van der Waals surface area contributed by atoms with Crippen LogP contribution in [0.25, 0.3) is 0 Å². The molecule has 0 atom stereocenters. The Bertz CT molecular complexity index is 497. The van der Waals surface area contributed by atoms with Crippen LogP contribution in [0.4, 0.5) is 5.69 Å². The minimum atomic E-state index is -0.627. The van der Waals surface area contributed by atoms with Gasteiger partial charge < -0.3 is 19.8 Å². The summed E-state index contributed by atoms with van der Waals surface area (Å²) in [6.07, 6.45) is 1.46. The monoisotopic (exact) mass is 268 g/mol. The molecule has 0 bridgehead atoms. The van der Waals surface area contributed by atoms with E-state index in [9.17, 15) is 9.59 Å². The minimum absolute atomic E-state index is 0.0789. The Morgan fingerprint density at radius 3 is 2.37 bits per heavy atom. The molecule has 0 aliphatic heterocycles. The molecule has 6 nitrogen and oxygen atoms in total. The van der Waals surface area contributed by atoms with Gasteiger partial charge in [-0.3, -0.25) is 0 Å². The van der Waals surface area contributed by atoms with Crippen molar-refractivity contribution in [2.24, 2.45) is 7.05 Å². The van der Waals surface area contributed by atoms with Crippen molar-refractivity contribution >= 4 is 17.6 Å². The number of carbonyl (C=O) groups is 2. The van der Waals surface area contributed by atoms with Crippen LogP contribution in [0.1, 0.15) is 48.5 Å². The van der Waals surface area contributed by atoms with E-state index in [-0.39, 0.29) is 23.6 Å². The molecule has 6 heteroatoms. The highest BCUT2D eigenvalue weighted by molar-refractivity contribution is 6.03. The highest BCUT2D eigenvalue weighted by Crippen LogP contribution is 2.23. The number of nitrogens with zero attached hydrogens (tertiary/aromatic N) is 1. The summed E-state index contributed by atoms with van der Waals surface area (Å²) in [6, 6.07) is 0. The number of ether oxygens (including phenoxy) is 2. The molecule has 0 fully saturated rings. The van der Waals surface area contributed by atoms with Gasteiger partial charge in [0.1, 0.15) is 11.2 Å². The van der Waals surface area contributed by atoms with Gasteiger partial charge >= 0.3 is 11.9 Å². The van der Waals surface area contributed by atoms with Gasteiger partial charge in [0.25, 0.3) is 0 Å². The van der Waals surface area contributed by atoms with Gasteiger partial charge in [-0.25, -0.2) is 9.59 Å². The Hall–Kier alpha value is -1.98. The molecule has 0 saturated heterocycles. The standard InChI is InChI=1S/C13H20N2O4/c1-6-18-11(16)8-7-15(5)10(9(8)14)12(17)19-13(2,3)4/h7H,6,14H2,1-5H3. The lowest BCUT2D eigenvalue weighted by Crippen LogP contribution is -2.25. The largest absolute Gasteiger partial charge is 0.462 e. The molecule has 2 N–H and O–H groups in total. The molecule has 0 amide bonds. The third-order valence-corrected chi connectivity index (χ3v) is 2.31. The molecule has 1 aromatic heterocycles. The molecule has 1 heterocycles. The maximum absolute atomic E-state index is 12.0. The average molecular weight is 268 g/mol. The Morgan fingerprint density at radius 1 is 1.32 bits per heavy atom. The van der Waals surface area contributed by atoms with Crippen LogP contribution in [0, 0.1) is 0 Å². The molecule has 0 spiro atoms. The van der Waals surface area contributed by atoms with Crippen molar-refractivity contribution in [2.75, 3.05) is 12.3 Å². The first-order valence-electron chi connectivity index (χ1n) is 6.02. The summed E-state index contributed by atoms with van der Waals surface area (Å²) < 4.78 is 11.6. The van der Waals surface area contributed by atoms with Crippen molar-refractivity contribution in [3.63, 3.8) is 0 Å². The summed E-state index contributed by atoms with van der Waals surface area (Å²) in [6.45, 7) is 7.23. The molecule has 0 radical (unpaired) electrons. The van der Waals surface area contributed by atoms with E-state index in [4.69, 9.17) is 15.2 Å². The van der Waals surface area contributed by atoms with Gasteiger partial charge in [-0.05, 0) is 27.7 Å². The lowest BCUT2D eigenvalue weighted by Gasteiger charge is -2.19. The van der Waals surface area contributed by atoms with Crippen LogP contribution in [0.3, 0.4) is 0 Å². The fourth-order valence-corrected chi connectivity index (χ4v) is 1.60. The zero-order valence-electron chi connectivity index (χ0n) is 11.9. The predicted octanol–water partition coefficient (Wildman–Crippen LogP) is 1.74. The number of rotatable bonds is 3. The van der Waals surface area contributed by atoms with E-state index in [0.717, 1.165) is 0 Å². The smallest absolute Gasteiger partial charge is 0.357 e. The van der Waals surface area contributed by atoms with E-state index in [1.54, 1.807) is 34.7 Å². The van der Waals surface area contributed by atoms with Crippen molar-refractivity contribution in [1.82, 2.24) is 4.57 Å². The zero-order chi connectivity index (χ0) is 14.8. The minimum Gasteiger partial charge on any atom is -0.462 e. The highest BCUT2D eigenvalue weighted by Gasteiger charge is 2.26. The van der Waals surface area contributed by atoms with Crippen molar-refractivity contribution in [3.8, 4) is 0 Å². The molecule has 1 rings (SSSR count). The van der Waals surface area contributed by atoms with E-state index in [1.807, 2.05) is 0 Å². The number of nitrogens with two attached hydrogens (primary N) is 1. The molecular weight excluding hydrogens is 248 g/mol. The number of esters is 2. The van der Waals surface area contributed by atoms with E-state index in [0.29, 0.717) is 0 Å². The van der Waals surface area contributed by atoms with Crippen molar-refractivity contribution in [1.29, 1.82) is 0 Å². The lowest BCUT2D eigenvalue weighted by molar-refractivity contribution is 0.00603. The topological polar surface area (TPSA) is 83.5 Å². The van der Waals surface area contributed by atoms with Crippen LogP contribution in [-0.2, 0) is 16.5 Å². The van der Waals surface area contributed by atoms with Gasteiger partial charge in [0.15, 0.2) is 5.69 Å². The van der Waals surface area contributed by atoms with Crippen LogP contribution in [-0.4, -0.2) is 28.7 Å². The van der Waals surface area contributed by atoms with Crippen molar-refractivity contribution in [2.45, 2.75) is 33.3 Å². The number of hydrogen-bond acceptors (Lipinski definition) is 5.